The van der Waals surface area contributed by atoms with E-state index in [1.54, 1.807) is 24.3 Å². The second kappa shape index (κ2) is 7.88. The van der Waals surface area contributed by atoms with Crippen molar-refractivity contribution in [2.45, 2.75) is 12.5 Å². The average molecular weight is 370 g/mol. The molecule has 3 rings (SSSR count). The van der Waals surface area contributed by atoms with Crippen LogP contribution in [0, 0.1) is 15.9 Å². The van der Waals surface area contributed by atoms with Crippen LogP contribution < -0.4 is 5.32 Å². The van der Waals surface area contributed by atoms with Gasteiger partial charge in [0.1, 0.15) is 5.82 Å². The largest absolute Gasteiger partial charge is 0.344 e. The van der Waals surface area contributed by atoms with Crippen LogP contribution >= 0.6 is 11.3 Å². The minimum atomic E-state index is -0.481. The van der Waals surface area contributed by atoms with Crippen LogP contribution in [0.3, 0.4) is 0 Å². The Balaban J connectivity index is 1.75. The van der Waals surface area contributed by atoms with E-state index < -0.39 is 4.92 Å². The number of nitro groups is 1. The first kappa shape index (κ1) is 17.8. The summed E-state index contributed by atoms with van der Waals surface area (Å²) in [5.74, 6) is -0.558. The third-order valence-corrected chi connectivity index (χ3v) is 4.79. The quantitative estimate of drug-likeness (QED) is 0.521. The van der Waals surface area contributed by atoms with Crippen molar-refractivity contribution in [3.05, 3.63) is 98.0 Å². The maximum atomic E-state index is 13.2. The Morgan fingerprint density at radius 3 is 2.38 bits per heavy atom. The number of hydrogen-bond acceptors (Lipinski definition) is 4. The number of hydrogen-bond donors (Lipinski definition) is 1. The van der Waals surface area contributed by atoms with E-state index >= 15 is 0 Å². The summed E-state index contributed by atoms with van der Waals surface area (Å²) < 4.78 is 13.2. The van der Waals surface area contributed by atoms with E-state index in [0.717, 1.165) is 10.4 Å². The molecule has 1 aromatic heterocycles. The molecule has 1 amide bonds. The summed E-state index contributed by atoms with van der Waals surface area (Å²) in [5.41, 5.74) is 1.44. The smallest absolute Gasteiger partial charge is 0.269 e. The van der Waals surface area contributed by atoms with Crippen LogP contribution in [-0.4, -0.2) is 10.8 Å². The summed E-state index contributed by atoms with van der Waals surface area (Å²) in [6.45, 7) is 0. The predicted molar refractivity (Wildman–Crippen MR) is 97.5 cm³/mol. The molecule has 0 bridgehead atoms. The van der Waals surface area contributed by atoms with Gasteiger partial charge in [0.2, 0.25) is 5.91 Å². The highest BCUT2D eigenvalue weighted by Crippen LogP contribution is 2.26. The molecule has 0 aliphatic rings. The Kier molecular flexibility index (Phi) is 5.38. The molecular weight excluding hydrogens is 355 g/mol. The predicted octanol–water partition coefficient (Wildman–Crippen LogP) is 4.24. The van der Waals surface area contributed by atoms with Crippen molar-refractivity contribution < 1.29 is 14.1 Å². The second-order valence-electron chi connectivity index (χ2n) is 5.67. The van der Waals surface area contributed by atoms with Gasteiger partial charge in [0.25, 0.3) is 5.69 Å². The van der Waals surface area contributed by atoms with Crippen LogP contribution in [0.2, 0.25) is 0 Å². The standard InChI is InChI=1S/C19H15FN2O3S/c20-15-7-5-14(6-8-15)19(17-2-1-11-26-17)21-18(23)12-13-3-9-16(10-4-13)22(24)25/h1-11,19H,12H2,(H,21,23)/t19-/m0/s1. The number of carbonyl (C=O) groups excluding carboxylic acids is 1. The molecular formula is C19H15FN2O3S. The van der Waals surface area contributed by atoms with Crippen molar-refractivity contribution in [2.24, 2.45) is 0 Å². The topological polar surface area (TPSA) is 72.2 Å². The molecule has 26 heavy (non-hydrogen) atoms. The van der Waals surface area contributed by atoms with Crippen LogP contribution in [0.15, 0.2) is 66.0 Å². The van der Waals surface area contributed by atoms with Gasteiger partial charge in [0.05, 0.1) is 17.4 Å². The van der Waals surface area contributed by atoms with Gasteiger partial charge in [-0.25, -0.2) is 4.39 Å². The maximum absolute atomic E-state index is 13.2. The summed E-state index contributed by atoms with van der Waals surface area (Å²) >= 11 is 1.50. The fourth-order valence-corrected chi connectivity index (χ4v) is 3.36. The van der Waals surface area contributed by atoms with Crippen molar-refractivity contribution in [1.82, 2.24) is 5.32 Å². The Bertz CT molecular complexity index is 894. The van der Waals surface area contributed by atoms with E-state index in [-0.39, 0.29) is 29.9 Å². The second-order valence-corrected chi connectivity index (χ2v) is 6.65. The zero-order valence-corrected chi connectivity index (χ0v) is 14.4. The number of halogens is 1. The van der Waals surface area contributed by atoms with Gasteiger partial charge in [0, 0.05) is 17.0 Å². The van der Waals surface area contributed by atoms with Crippen LogP contribution in [-0.2, 0) is 11.2 Å². The van der Waals surface area contributed by atoms with Crippen molar-refractivity contribution in [3.8, 4) is 0 Å². The molecule has 1 atom stereocenters. The molecule has 5 nitrogen and oxygen atoms in total. The highest BCUT2D eigenvalue weighted by molar-refractivity contribution is 7.10. The van der Waals surface area contributed by atoms with E-state index in [4.69, 9.17) is 0 Å². The molecule has 0 aliphatic heterocycles. The number of rotatable bonds is 6. The third-order valence-electron chi connectivity index (χ3n) is 3.85. The van der Waals surface area contributed by atoms with Crippen LogP contribution in [0.4, 0.5) is 10.1 Å². The number of amides is 1. The molecule has 7 heteroatoms. The highest BCUT2D eigenvalue weighted by Gasteiger charge is 2.18. The number of carbonyl (C=O) groups is 1. The van der Waals surface area contributed by atoms with Crippen LogP contribution in [0.25, 0.3) is 0 Å². The normalized spacial score (nSPS) is 11.7. The van der Waals surface area contributed by atoms with E-state index in [2.05, 4.69) is 5.32 Å². The maximum Gasteiger partial charge on any atom is 0.269 e. The molecule has 0 saturated heterocycles. The van der Waals surface area contributed by atoms with E-state index in [1.807, 2.05) is 17.5 Å². The average Bonchev–Trinajstić information content (AvgIpc) is 3.15. The number of non-ortho nitro benzene ring substituents is 1. The lowest BCUT2D eigenvalue weighted by Gasteiger charge is -2.18. The van der Waals surface area contributed by atoms with Gasteiger partial charge in [0.15, 0.2) is 0 Å². The van der Waals surface area contributed by atoms with Gasteiger partial charge in [-0.05, 0) is 34.7 Å². The molecule has 0 aliphatic carbocycles. The Hall–Kier alpha value is -3.06. The van der Waals surface area contributed by atoms with E-state index in [0.29, 0.717) is 5.56 Å². The minimum absolute atomic E-state index is 0.0167. The number of nitro benzene ring substituents is 1. The highest BCUT2D eigenvalue weighted by atomic mass is 32.1. The Morgan fingerprint density at radius 1 is 1.12 bits per heavy atom. The fourth-order valence-electron chi connectivity index (χ4n) is 2.56. The van der Waals surface area contributed by atoms with Gasteiger partial charge < -0.3 is 5.32 Å². The SMILES string of the molecule is O=C(Cc1ccc([N+](=O)[O-])cc1)N[C@@H](c1ccc(F)cc1)c1cccs1. The molecule has 132 valence electrons. The zero-order valence-electron chi connectivity index (χ0n) is 13.6. The number of thiophene rings is 1. The summed E-state index contributed by atoms with van der Waals surface area (Å²) in [6.07, 6.45) is 0.0983. The first-order chi connectivity index (χ1) is 12.5. The molecule has 0 unspecified atom stereocenters. The number of nitrogens with zero attached hydrogens (tertiary/aromatic N) is 1. The lowest BCUT2D eigenvalue weighted by Crippen LogP contribution is -2.30. The number of benzene rings is 2. The first-order valence-electron chi connectivity index (χ1n) is 7.84. The molecule has 0 radical (unpaired) electrons. The number of nitrogens with one attached hydrogen (secondary N) is 1. The first-order valence-corrected chi connectivity index (χ1v) is 8.72. The summed E-state index contributed by atoms with van der Waals surface area (Å²) in [4.78, 5) is 23.6. The molecule has 2 aromatic carbocycles. The summed E-state index contributed by atoms with van der Waals surface area (Å²) in [5, 5.41) is 15.6. The lowest BCUT2D eigenvalue weighted by atomic mass is 10.0. The molecule has 0 spiro atoms. The van der Waals surface area contributed by atoms with Gasteiger partial charge in [-0.2, -0.15) is 0 Å². The van der Waals surface area contributed by atoms with Gasteiger partial charge in [-0.1, -0.05) is 30.3 Å². The summed E-state index contributed by atoms with van der Waals surface area (Å²) in [7, 11) is 0. The van der Waals surface area contributed by atoms with Gasteiger partial charge >= 0.3 is 0 Å². The minimum Gasteiger partial charge on any atom is -0.344 e. The molecule has 0 saturated carbocycles. The van der Waals surface area contributed by atoms with Crippen molar-refractivity contribution in [3.63, 3.8) is 0 Å². The molecule has 3 aromatic rings. The zero-order chi connectivity index (χ0) is 18.5. The third kappa shape index (κ3) is 4.31. The van der Waals surface area contributed by atoms with E-state index in [9.17, 15) is 19.3 Å². The Labute approximate surface area is 153 Å². The van der Waals surface area contributed by atoms with Crippen LogP contribution in [0.5, 0.6) is 0 Å². The lowest BCUT2D eigenvalue weighted by molar-refractivity contribution is -0.384. The molecule has 0 fully saturated rings. The van der Waals surface area contributed by atoms with E-state index in [1.165, 1.54) is 35.6 Å². The monoisotopic (exact) mass is 370 g/mol. The van der Waals surface area contributed by atoms with Crippen molar-refractivity contribution >= 4 is 22.9 Å². The van der Waals surface area contributed by atoms with Crippen LogP contribution in [0.1, 0.15) is 22.0 Å². The molecule has 1 N–H and O–H groups in total. The fraction of sp³-hybridized carbons (Fsp3) is 0.105. The van der Waals surface area contributed by atoms with Gasteiger partial charge in [-0.3, -0.25) is 14.9 Å². The van der Waals surface area contributed by atoms with Crippen molar-refractivity contribution in [2.75, 3.05) is 0 Å². The van der Waals surface area contributed by atoms with Gasteiger partial charge in [-0.15, -0.1) is 11.3 Å². The molecule has 1 heterocycles. The Morgan fingerprint density at radius 2 is 1.81 bits per heavy atom. The van der Waals surface area contributed by atoms with Crippen molar-refractivity contribution in [1.29, 1.82) is 0 Å². The summed E-state index contributed by atoms with van der Waals surface area (Å²) in [6, 6.07) is 15.3.